The highest BCUT2D eigenvalue weighted by atomic mass is 19.1. The summed E-state index contributed by atoms with van der Waals surface area (Å²) in [6.07, 6.45) is 0.526. The van der Waals surface area contributed by atoms with Gasteiger partial charge < -0.3 is 5.73 Å². The second-order valence-electron chi connectivity index (χ2n) is 2.65. The summed E-state index contributed by atoms with van der Waals surface area (Å²) in [7, 11) is 0. The molecule has 0 saturated heterocycles. The minimum Gasteiger partial charge on any atom is -0.324 e. The van der Waals surface area contributed by atoms with Crippen LogP contribution in [0.15, 0.2) is 18.2 Å². The zero-order chi connectivity index (χ0) is 9.14. The lowest BCUT2D eigenvalue weighted by molar-refractivity contribution is 0.520. The molecule has 0 spiro atoms. The Morgan fingerprint density at radius 1 is 1.33 bits per heavy atom. The highest BCUT2D eigenvalue weighted by Gasteiger charge is 2.13. The van der Waals surface area contributed by atoms with Crippen molar-refractivity contribution >= 4 is 0 Å². The molecule has 66 valence electrons. The number of hydrogen-bond donors (Lipinski definition) is 1. The normalized spacial score (nSPS) is 13.0. The standard InChI is InChI=1S/C9H11F2N/c1-2-8(12)9-6(10)4-3-5-7(9)11/h3-5,8H,2,12H2,1H3/t8-/m0/s1. The van der Waals surface area contributed by atoms with Crippen LogP contribution in [0.3, 0.4) is 0 Å². The van der Waals surface area contributed by atoms with Gasteiger partial charge in [-0.1, -0.05) is 13.0 Å². The van der Waals surface area contributed by atoms with Crippen molar-refractivity contribution < 1.29 is 8.78 Å². The average molecular weight is 171 g/mol. The smallest absolute Gasteiger partial charge is 0.130 e. The quantitative estimate of drug-likeness (QED) is 0.726. The topological polar surface area (TPSA) is 26.0 Å². The Morgan fingerprint density at radius 2 is 1.83 bits per heavy atom. The molecule has 0 aromatic heterocycles. The summed E-state index contributed by atoms with van der Waals surface area (Å²) in [6, 6.07) is 3.21. The number of benzene rings is 1. The first-order valence-corrected chi connectivity index (χ1v) is 3.86. The van der Waals surface area contributed by atoms with Gasteiger partial charge in [-0.15, -0.1) is 0 Å². The number of halogens is 2. The van der Waals surface area contributed by atoms with Crippen molar-refractivity contribution in [1.29, 1.82) is 0 Å². The molecule has 0 bridgehead atoms. The Morgan fingerprint density at radius 3 is 2.25 bits per heavy atom. The molecule has 1 aromatic carbocycles. The zero-order valence-corrected chi connectivity index (χ0v) is 6.85. The van der Waals surface area contributed by atoms with E-state index in [0.717, 1.165) is 0 Å². The highest BCUT2D eigenvalue weighted by Crippen LogP contribution is 2.20. The van der Waals surface area contributed by atoms with E-state index in [9.17, 15) is 8.78 Å². The molecule has 0 aliphatic carbocycles. The number of rotatable bonds is 2. The molecule has 3 heteroatoms. The summed E-state index contributed by atoms with van der Waals surface area (Å²) in [6.45, 7) is 1.79. The molecule has 0 radical (unpaired) electrons. The van der Waals surface area contributed by atoms with Gasteiger partial charge in [-0.25, -0.2) is 8.78 Å². The van der Waals surface area contributed by atoms with Crippen LogP contribution in [0.1, 0.15) is 24.9 Å². The van der Waals surface area contributed by atoms with Crippen LogP contribution >= 0.6 is 0 Å². The van der Waals surface area contributed by atoms with Crippen LogP contribution in [-0.4, -0.2) is 0 Å². The molecule has 0 heterocycles. The lowest BCUT2D eigenvalue weighted by atomic mass is 10.0. The van der Waals surface area contributed by atoms with Crippen molar-refractivity contribution in [2.24, 2.45) is 5.73 Å². The summed E-state index contributed by atoms with van der Waals surface area (Å²) in [4.78, 5) is 0. The zero-order valence-electron chi connectivity index (χ0n) is 6.85. The van der Waals surface area contributed by atoms with Crippen LogP contribution in [0, 0.1) is 11.6 Å². The van der Waals surface area contributed by atoms with Gasteiger partial charge in [0.1, 0.15) is 11.6 Å². The molecule has 1 atom stereocenters. The van der Waals surface area contributed by atoms with E-state index in [1.54, 1.807) is 6.92 Å². The molecule has 0 fully saturated rings. The first kappa shape index (κ1) is 9.13. The van der Waals surface area contributed by atoms with Crippen LogP contribution in [0.2, 0.25) is 0 Å². The maximum atomic E-state index is 13.0. The van der Waals surface area contributed by atoms with Crippen LogP contribution in [0.25, 0.3) is 0 Å². The van der Waals surface area contributed by atoms with Gasteiger partial charge in [0.2, 0.25) is 0 Å². The Hall–Kier alpha value is -0.960. The van der Waals surface area contributed by atoms with E-state index in [-0.39, 0.29) is 5.56 Å². The van der Waals surface area contributed by atoms with Gasteiger partial charge >= 0.3 is 0 Å². The molecular weight excluding hydrogens is 160 g/mol. The molecule has 1 rings (SSSR count). The fraction of sp³-hybridized carbons (Fsp3) is 0.333. The Kier molecular flexibility index (Phi) is 2.76. The first-order valence-electron chi connectivity index (χ1n) is 3.86. The van der Waals surface area contributed by atoms with Crippen LogP contribution in [-0.2, 0) is 0 Å². The molecule has 0 aliphatic heterocycles. The third kappa shape index (κ3) is 1.61. The second kappa shape index (κ2) is 3.63. The van der Waals surface area contributed by atoms with E-state index in [1.807, 2.05) is 0 Å². The van der Waals surface area contributed by atoms with Crippen molar-refractivity contribution in [3.8, 4) is 0 Å². The summed E-state index contributed by atoms with van der Waals surface area (Å²) in [5, 5.41) is 0. The van der Waals surface area contributed by atoms with E-state index >= 15 is 0 Å². The van der Waals surface area contributed by atoms with Crippen molar-refractivity contribution in [2.45, 2.75) is 19.4 Å². The van der Waals surface area contributed by atoms with Crippen LogP contribution in [0.4, 0.5) is 8.78 Å². The molecule has 0 amide bonds. The maximum Gasteiger partial charge on any atom is 0.130 e. The molecule has 2 N–H and O–H groups in total. The van der Waals surface area contributed by atoms with Gasteiger partial charge in [0.15, 0.2) is 0 Å². The minimum absolute atomic E-state index is 0.0139. The van der Waals surface area contributed by atoms with Crippen molar-refractivity contribution in [2.75, 3.05) is 0 Å². The predicted octanol–water partition coefficient (Wildman–Crippen LogP) is 2.37. The Bertz CT molecular complexity index is 253. The van der Waals surface area contributed by atoms with E-state index in [0.29, 0.717) is 6.42 Å². The fourth-order valence-corrected chi connectivity index (χ4v) is 1.07. The summed E-state index contributed by atoms with van der Waals surface area (Å²) in [5.41, 5.74) is 5.50. The third-order valence-corrected chi connectivity index (χ3v) is 1.81. The summed E-state index contributed by atoms with van der Waals surface area (Å²) < 4.78 is 25.9. The molecule has 0 saturated carbocycles. The van der Waals surface area contributed by atoms with Crippen molar-refractivity contribution in [1.82, 2.24) is 0 Å². The predicted molar refractivity (Wildman–Crippen MR) is 43.6 cm³/mol. The van der Waals surface area contributed by atoms with E-state index in [1.165, 1.54) is 18.2 Å². The number of hydrogen-bond acceptors (Lipinski definition) is 1. The highest BCUT2D eigenvalue weighted by molar-refractivity contribution is 5.22. The van der Waals surface area contributed by atoms with Gasteiger partial charge in [-0.05, 0) is 18.6 Å². The van der Waals surface area contributed by atoms with E-state index in [2.05, 4.69) is 0 Å². The van der Waals surface area contributed by atoms with Crippen molar-refractivity contribution in [3.05, 3.63) is 35.4 Å². The minimum atomic E-state index is -0.565. The molecule has 0 unspecified atom stereocenters. The van der Waals surface area contributed by atoms with Gasteiger partial charge in [0.05, 0.1) is 0 Å². The average Bonchev–Trinajstić information content (AvgIpc) is 2.03. The molecule has 1 nitrogen and oxygen atoms in total. The first-order chi connectivity index (χ1) is 5.66. The Balaban J connectivity index is 3.12. The number of nitrogens with two attached hydrogens (primary N) is 1. The summed E-state index contributed by atoms with van der Waals surface area (Å²) >= 11 is 0. The molecule has 12 heavy (non-hydrogen) atoms. The maximum absolute atomic E-state index is 13.0. The molecule has 0 aliphatic rings. The fourth-order valence-electron chi connectivity index (χ4n) is 1.07. The van der Waals surface area contributed by atoms with Crippen molar-refractivity contribution in [3.63, 3.8) is 0 Å². The van der Waals surface area contributed by atoms with Crippen LogP contribution in [0.5, 0.6) is 0 Å². The van der Waals surface area contributed by atoms with Gasteiger partial charge in [-0.3, -0.25) is 0 Å². The molecule has 1 aromatic rings. The monoisotopic (exact) mass is 171 g/mol. The summed E-state index contributed by atoms with van der Waals surface area (Å²) in [5.74, 6) is -1.13. The lowest BCUT2D eigenvalue weighted by Crippen LogP contribution is -2.12. The van der Waals surface area contributed by atoms with Gasteiger partial charge in [-0.2, -0.15) is 0 Å². The molecular formula is C9H11F2N. The lowest BCUT2D eigenvalue weighted by Gasteiger charge is -2.10. The Labute approximate surface area is 70.2 Å². The van der Waals surface area contributed by atoms with E-state index in [4.69, 9.17) is 5.73 Å². The largest absolute Gasteiger partial charge is 0.324 e. The van der Waals surface area contributed by atoms with Gasteiger partial charge in [0, 0.05) is 11.6 Å². The van der Waals surface area contributed by atoms with Crippen LogP contribution < -0.4 is 5.73 Å². The van der Waals surface area contributed by atoms with Gasteiger partial charge in [0.25, 0.3) is 0 Å². The SMILES string of the molecule is CC[C@H](N)c1c(F)cccc1F. The third-order valence-electron chi connectivity index (χ3n) is 1.81. The second-order valence-corrected chi connectivity index (χ2v) is 2.65. The van der Waals surface area contributed by atoms with E-state index < -0.39 is 17.7 Å².